The molecule has 0 aliphatic heterocycles. The maximum Gasteiger partial charge on any atom is 0.328 e. The number of carboxylic acids is 1. The Labute approximate surface area is 66.9 Å². The number of hydrogen-bond donors (Lipinski definition) is 1. The van der Waals surface area contributed by atoms with Crippen molar-refractivity contribution in [2.45, 2.75) is 32.6 Å². The van der Waals surface area contributed by atoms with Crippen LogP contribution in [0.1, 0.15) is 32.6 Å². The summed E-state index contributed by atoms with van der Waals surface area (Å²) in [5.41, 5.74) is 1.12. The lowest BCUT2D eigenvalue weighted by molar-refractivity contribution is -0.131. The summed E-state index contributed by atoms with van der Waals surface area (Å²) < 4.78 is 0. The van der Waals surface area contributed by atoms with E-state index in [0.717, 1.165) is 24.3 Å². The summed E-state index contributed by atoms with van der Waals surface area (Å²) in [4.78, 5) is 10.3. The van der Waals surface area contributed by atoms with E-state index in [1.54, 1.807) is 0 Å². The maximum absolute atomic E-state index is 10.3. The Morgan fingerprint density at radius 1 is 1.82 bits per heavy atom. The van der Waals surface area contributed by atoms with Crippen LogP contribution in [-0.4, -0.2) is 11.1 Å². The van der Waals surface area contributed by atoms with Gasteiger partial charge in [-0.2, -0.15) is 0 Å². The van der Waals surface area contributed by atoms with Crippen LogP contribution in [0.15, 0.2) is 11.6 Å². The molecule has 2 nitrogen and oxygen atoms in total. The molecule has 2 heteroatoms. The van der Waals surface area contributed by atoms with Crippen molar-refractivity contribution in [2.75, 3.05) is 0 Å². The first-order chi connectivity index (χ1) is 5.22. The summed E-state index contributed by atoms with van der Waals surface area (Å²) in [6, 6.07) is 0. The number of aliphatic carboxylic acids is 1. The molecule has 0 heterocycles. The Hall–Kier alpha value is -0.790. The van der Waals surface area contributed by atoms with Gasteiger partial charge < -0.3 is 5.11 Å². The number of carboxylic acid groups (broad SMARTS) is 1. The Kier molecular flexibility index (Phi) is 2.69. The maximum atomic E-state index is 10.3. The molecule has 0 bridgehead atoms. The number of rotatable bonds is 2. The van der Waals surface area contributed by atoms with Crippen LogP contribution in [-0.2, 0) is 4.79 Å². The average molecular weight is 154 g/mol. The van der Waals surface area contributed by atoms with Gasteiger partial charge in [0.1, 0.15) is 0 Å². The lowest BCUT2D eigenvalue weighted by atomic mass is 10.1. The van der Waals surface area contributed by atoms with Crippen LogP contribution in [0.5, 0.6) is 0 Å². The van der Waals surface area contributed by atoms with Crippen molar-refractivity contribution >= 4 is 5.97 Å². The minimum absolute atomic E-state index is 0.737. The van der Waals surface area contributed by atoms with Crippen LogP contribution in [0.2, 0.25) is 0 Å². The van der Waals surface area contributed by atoms with Crippen LogP contribution in [0, 0.1) is 5.92 Å². The first-order valence-electron chi connectivity index (χ1n) is 4.14. The highest BCUT2D eigenvalue weighted by Crippen LogP contribution is 2.31. The zero-order chi connectivity index (χ0) is 8.27. The molecular formula is C9H14O2. The fourth-order valence-electron chi connectivity index (χ4n) is 1.62. The van der Waals surface area contributed by atoms with E-state index in [0.29, 0.717) is 0 Å². The zero-order valence-corrected chi connectivity index (χ0v) is 6.84. The smallest absolute Gasteiger partial charge is 0.328 e. The molecule has 0 aromatic rings. The fourth-order valence-corrected chi connectivity index (χ4v) is 1.62. The molecule has 1 fully saturated rings. The molecule has 0 radical (unpaired) electrons. The van der Waals surface area contributed by atoms with E-state index in [9.17, 15) is 4.79 Å². The second kappa shape index (κ2) is 3.56. The Morgan fingerprint density at radius 2 is 2.55 bits per heavy atom. The van der Waals surface area contributed by atoms with Crippen LogP contribution in [0.25, 0.3) is 0 Å². The van der Waals surface area contributed by atoms with Gasteiger partial charge in [0.15, 0.2) is 0 Å². The molecule has 1 unspecified atom stereocenters. The number of allylic oxidation sites excluding steroid dienone is 1. The Morgan fingerprint density at radius 3 is 3.00 bits per heavy atom. The molecule has 1 rings (SSSR count). The summed E-state index contributed by atoms with van der Waals surface area (Å²) in [7, 11) is 0. The van der Waals surface area contributed by atoms with Crippen molar-refractivity contribution < 1.29 is 9.90 Å². The van der Waals surface area contributed by atoms with Crippen molar-refractivity contribution in [2.24, 2.45) is 5.92 Å². The van der Waals surface area contributed by atoms with Gasteiger partial charge in [0.25, 0.3) is 0 Å². The predicted molar refractivity (Wildman–Crippen MR) is 43.4 cm³/mol. The standard InChI is InChI=1S/C9H14O2/c1-2-7-3-4-8(5-7)6-9(10)11/h6-7H,2-5H2,1H3,(H,10,11). The first kappa shape index (κ1) is 8.31. The molecule has 1 N–H and O–H groups in total. The molecular weight excluding hydrogens is 140 g/mol. The molecule has 0 aromatic heterocycles. The largest absolute Gasteiger partial charge is 0.478 e. The van der Waals surface area contributed by atoms with E-state index in [1.165, 1.54) is 18.9 Å². The van der Waals surface area contributed by atoms with E-state index in [-0.39, 0.29) is 0 Å². The minimum atomic E-state index is -0.795. The molecule has 62 valence electrons. The quantitative estimate of drug-likeness (QED) is 0.619. The zero-order valence-electron chi connectivity index (χ0n) is 6.84. The predicted octanol–water partition coefficient (Wildman–Crippen LogP) is 2.21. The van der Waals surface area contributed by atoms with Crippen molar-refractivity contribution in [3.8, 4) is 0 Å². The monoisotopic (exact) mass is 154 g/mol. The van der Waals surface area contributed by atoms with E-state index >= 15 is 0 Å². The summed E-state index contributed by atoms with van der Waals surface area (Å²) in [6.45, 7) is 2.16. The fraction of sp³-hybridized carbons (Fsp3) is 0.667. The Balaban J connectivity index is 2.47. The summed E-state index contributed by atoms with van der Waals surface area (Å²) in [6.07, 6.45) is 5.72. The second-order valence-corrected chi connectivity index (χ2v) is 3.16. The molecule has 0 aromatic carbocycles. The highest BCUT2D eigenvalue weighted by atomic mass is 16.4. The van der Waals surface area contributed by atoms with Gasteiger partial charge in [-0.1, -0.05) is 18.9 Å². The molecule has 1 atom stereocenters. The lowest BCUT2D eigenvalue weighted by Gasteiger charge is -2.00. The van der Waals surface area contributed by atoms with Gasteiger partial charge >= 0.3 is 5.97 Å². The number of hydrogen-bond acceptors (Lipinski definition) is 1. The van der Waals surface area contributed by atoms with E-state index in [1.807, 2.05) is 0 Å². The van der Waals surface area contributed by atoms with Gasteiger partial charge in [0.05, 0.1) is 0 Å². The molecule has 1 aliphatic rings. The third kappa shape index (κ3) is 2.37. The molecule has 1 saturated carbocycles. The second-order valence-electron chi connectivity index (χ2n) is 3.16. The van der Waals surface area contributed by atoms with Gasteiger partial charge in [0.2, 0.25) is 0 Å². The van der Waals surface area contributed by atoms with Crippen molar-refractivity contribution in [1.82, 2.24) is 0 Å². The van der Waals surface area contributed by atoms with E-state index < -0.39 is 5.97 Å². The third-order valence-electron chi connectivity index (χ3n) is 2.33. The highest BCUT2D eigenvalue weighted by Gasteiger charge is 2.17. The van der Waals surface area contributed by atoms with E-state index in [2.05, 4.69) is 6.92 Å². The van der Waals surface area contributed by atoms with Crippen LogP contribution >= 0.6 is 0 Å². The first-order valence-corrected chi connectivity index (χ1v) is 4.14. The van der Waals surface area contributed by atoms with Crippen LogP contribution in [0.4, 0.5) is 0 Å². The SMILES string of the molecule is CCC1CCC(=CC(=O)O)C1. The van der Waals surface area contributed by atoms with Gasteiger partial charge in [-0.15, -0.1) is 0 Å². The molecule has 0 saturated heterocycles. The molecule has 1 aliphatic carbocycles. The molecule has 11 heavy (non-hydrogen) atoms. The van der Waals surface area contributed by atoms with Gasteiger partial charge in [-0.05, 0) is 25.2 Å². The van der Waals surface area contributed by atoms with Crippen molar-refractivity contribution in [3.63, 3.8) is 0 Å². The summed E-state index contributed by atoms with van der Waals surface area (Å²) >= 11 is 0. The average Bonchev–Trinajstić information content (AvgIpc) is 2.34. The molecule has 0 amide bonds. The Bertz CT molecular complexity index is 182. The third-order valence-corrected chi connectivity index (χ3v) is 2.33. The topological polar surface area (TPSA) is 37.3 Å². The normalized spacial score (nSPS) is 27.7. The minimum Gasteiger partial charge on any atom is -0.478 e. The molecule has 0 spiro atoms. The summed E-state index contributed by atoms with van der Waals surface area (Å²) in [5.74, 6) is -0.0580. The van der Waals surface area contributed by atoms with E-state index in [4.69, 9.17) is 5.11 Å². The van der Waals surface area contributed by atoms with Gasteiger partial charge in [0, 0.05) is 6.08 Å². The summed E-state index contributed by atoms with van der Waals surface area (Å²) in [5, 5.41) is 8.46. The van der Waals surface area contributed by atoms with Crippen LogP contribution < -0.4 is 0 Å². The van der Waals surface area contributed by atoms with Crippen LogP contribution in [0.3, 0.4) is 0 Å². The number of carbonyl (C=O) groups is 1. The van der Waals surface area contributed by atoms with Gasteiger partial charge in [-0.25, -0.2) is 4.79 Å². The van der Waals surface area contributed by atoms with Crippen molar-refractivity contribution in [3.05, 3.63) is 11.6 Å². The van der Waals surface area contributed by atoms with Crippen molar-refractivity contribution in [1.29, 1.82) is 0 Å². The highest BCUT2D eigenvalue weighted by molar-refractivity contribution is 5.80. The van der Waals surface area contributed by atoms with Gasteiger partial charge in [-0.3, -0.25) is 0 Å². The lowest BCUT2D eigenvalue weighted by Crippen LogP contribution is -1.91.